The standard InChI is InChI=1S/C24H19N5OS/c1-15-10-12-18(13-11-15)21-14-31-24(25-21)29-23(30)22(16(2)28-29)27-26-20-9-5-7-17-6-3-4-8-19(17)20/h3-14,22H,1-2H3. The third kappa shape index (κ3) is 3.64. The maximum absolute atomic E-state index is 13.0. The van der Waals surface area contributed by atoms with Gasteiger partial charge in [-0.05, 0) is 25.3 Å². The van der Waals surface area contributed by atoms with E-state index in [2.05, 4.69) is 20.3 Å². The highest BCUT2D eigenvalue weighted by Gasteiger charge is 2.36. The largest absolute Gasteiger partial charge is 0.282 e. The number of nitrogens with zero attached hydrogens (tertiary/aromatic N) is 5. The van der Waals surface area contributed by atoms with E-state index in [1.165, 1.54) is 21.9 Å². The molecule has 0 radical (unpaired) electrons. The van der Waals surface area contributed by atoms with Gasteiger partial charge in [-0.2, -0.15) is 20.3 Å². The molecular formula is C24H19N5OS. The third-order valence-electron chi connectivity index (χ3n) is 5.16. The summed E-state index contributed by atoms with van der Waals surface area (Å²) < 4.78 is 0. The lowest BCUT2D eigenvalue weighted by atomic mass is 10.1. The molecule has 3 aromatic carbocycles. The van der Waals surface area contributed by atoms with Gasteiger partial charge in [0, 0.05) is 16.3 Å². The van der Waals surface area contributed by atoms with Crippen LogP contribution in [0.15, 0.2) is 87.4 Å². The van der Waals surface area contributed by atoms with Crippen molar-refractivity contribution in [3.8, 4) is 11.3 Å². The van der Waals surface area contributed by atoms with Crippen LogP contribution in [0.3, 0.4) is 0 Å². The number of hydrogen-bond donors (Lipinski definition) is 0. The topological polar surface area (TPSA) is 70.3 Å². The Labute approximate surface area is 183 Å². The van der Waals surface area contributed by atoms with E-state index in [9.17, 15) is 4.79 Å². The van der Waals surface area contributed by atoms with Crippen LogP contribution in [0.2, 0.25) is 0 Å². The number of carbonyl (C=O) groups is 1. The molecular weight excluding hydrogens is 406 g/mol. The summed E-state index contributed by atoms with van der Waals surface area (Å²) in [6.07, 6.45) is 0. The zero-order chi connectivity index (χ0) is 21.4. The average Bonchev–Trinajstić information content (AvgIpc) is 3.38. The first-order valence-electron chi connectivity index (χ1n) is 9.90. The molecule has 1 aliphatic heterocycles. The van der Waals surface area contributed by atoms with Crippen LogP contribution in [0.25, 0.3) is 22.0 Å². The summed E-state index contributed by atoms with van der Waals surface area (Å²) in [5.74, 6) is -0.244. The highest BCUT2D eigenvalue weighted by atomic mass is 32.1. The first-order valence-corrected chi connectivity index (χ1v) is 10.8. The minimum atomic E-state index is -0.745. The summed E-state index contributed by atoms with van der Waals surface area (Å²) >= 11 is 1.38. The molecule has 31 heavy (non-hydrogen) atoms. The first kappa shape index (κ1) is 19.3. The number of azo groups is 1. The van der Waals surface area contributed by atoms with Crippen LogP contribution >= 0.6 is 11.3 Å². The number of aryl methyl sites for hydroxylation is 1. The molecule has 0 saturated heterocycles. The number of anilines is 1. The van der Waals surface area contributed by atoms with Crippen LogP contribution in [0.5, 0.6) is 0 Å². The summed E-state index contributed by atoms with van der Waals surface area (Å²) in [4.78, 5) is 17.6. The van der Waals surface area contributed by atoms with Crippen molar-refractivity contribution in [1.82, 2.24) is 4.98 Å². The lowest BCUT2D eigenvalue weighted by Crippen LogP contribution is -2.29. The van der Waals surface area contributed by atoms with Crippen molar-refractivity contribution in [2.75, 3.05) is 5.01 Å². The highest BCUT2D eigenvalue weighted by Crippen LogP contribution is 2.31. The second-order valence-corrected chi connectivity index (χ2v) is 8.23. The second kappa shape index (κ2) is 7.85. The molecule has 0 N–H and O–H groups in total. The fraction of sp³-hybridized carbons (Fsp3) is 0.125. The minimum Gasteiger partial charge on any atom is -0.269 e. The highest BCUT2D eigenvalue weighted by molar-refractivity contribution is 7.14. The lowest BCUT2D eigenvalue weighted by molar-refractivity contribution is -0.117. The van der Waals surface area contributed by atoms with Crippen molar-refractivity contribution in [3.63, 3.8) is 0 Å². The zero-order valence-electron chi connectivity index (χ0n) is 17.1. The number of aromatic nitrogens is 1. The number of amides is 1. The monoisotopic (exact) mass is 425 g/mol. The Morgan fingerprint density at radius 3 is 2.58 bits per heavy atom. The molecule has 0 fully saturated rings. The van der Waals surface area contributed by atoms with Crippen LogP contribution in [-0.2, 0) is 4.79 Å². The Morgan fingerprint density at radius 1 is 0.968 bits per heavy atom. The molecule has 2 heterocycles. The molecule has 1 unspecified atom stereocenters. The minimum absolute atomic E-state index is 0.244. The summed E-state index contributed by atoms with van der Waals surface area (Å²) in [6.45, 7) is 3.84. The van der Waals surface area contributed by atoms with E-state index >= 15 is 0 Å². The van der Waals surface area contributed by atoms with Gasteiger partial charge >= 0.3 is 0 Å². The number of hydrogen-bond acceptors (Lipinski definition) is 6. The normalized spacial score (nSPS) is 16.5. The van der Waals surface area contributed by atoms with Gasteiger partial charge < -0.3 is 0 Å². The Kier molecular flexibility index (Phi) is 4.88. The first-order chi connectivity index (χ1) is 15.1. The maximum atomic E-state index is 13.0. The fourth-order valence-electron chi connectivity index (χ4n) is 3.46. The number of carbonyl (C=O) groups excluding carboxylic acids is 1. The Morgan fingerprint density at radius 2 is 1.74 bits per heavy atom. The summed E-state index contributed by atoms with van der Waals surface area (Å²) in [7, 11) is 0. The van der Waals surface area contributed by atoms with E-state index in [0.29, 0.717) is 10.8 Å². The summed E-state index contributed by atoms with van der Waals surface area (Å²) in [5, 5.41) is 19.0. The molecule has 4 aromatic rings. The summed E-state index contributed by atoms with van der Waals surface area (Å²) in [6, 6.07) is 21.2. The van der Waals surface area contributed by atoms with Crippen molar-refractivity contribution >= 4 is 44.5 Å². The van der Waals surface area contributed by atoms with Crippen molar-refractivity contribution in [1.29, 1.82) is 0 Å². The van der Waals surface area contributed by atoms with E-state index in [4.69, 9.17) is 0 Å². The van der Waals surface area contributed by atoms with Gasteiger partial charge in [0.2, 0.25) is 5.13 Å². The van der Waals surface area contributed by atoms with Crippen LogP contribution in [-0.4, -0.2) is 22.6 Å². The van der Waals surface area contributed by atoms with Crippen molar-refractivity contribution in [2.24, 2.45) is 15.3 Å². The van der Waals surface area contributed by atoms with Gasteiger partial charge in [-0.15, -0.1) is 11.3 Å². The number of rotatable bonds is 4. The number of fused-ring (bicyclic) bond motifs is 1. The van der Waals surface area contributed by atoms with Crippen molar-refractivity contribution in [2.45, 2.75) is 19.9 Å². The molecule has 1 aliphatic rings. The average molecular weight is 426 g/mol. The Balaban J connectivity index is 1.39. The van der Waals surface area contributed by atoms with E-state index in [0.717, 1.165) is 27.7 Å². The Bertz CT molecular complexity index is 1330. The van der Waals surface area contributed by atoms with Gasteiger partial charge in [0.05, 0.1) is 17.1 Å². The van der Waals surface area contributed by atoms with Crippen LogP contribution in [0.4, 0.5) is 10.8 Å². The van der Waals surface area contributed by atoms with Crippen LogP contribution < -0.4 is 5.01 Å². The maximum Gasteiger partial charge on any atom is 0.282 e. The summed E-state index contributed by atoms with van der Waals surface area (Å²) in [5.41, 5.74) is 4.34. The third-order valence-corrected chi connectivity index (χ3v) is 5.98. The van der Waals surface area contributed by atoms with Gasteiger partial charge in [-0.25, -0.2) is 4.98 Å². The van der Waals surface area contributed by atoms with E-state index in [1.807, 2.05) is 79.0 Å². The molecule has 1 atom stereocenters. The van der Waals surface area contributed by atoms with Crippen molar-refractivity contribution in [3.05, 3.63) is 77.7 Å². The molecule has 7 heteroatoms. The molecule has 5 rings (SSSR count). The fourth-order valence-corrected chi connectivity index (χ4v) is 4.25. The molecule has 1 aromatic heterocycles. The van der Waals surface area contributed by atoms with E-state index in [-0.39, 0.29) is 5.91 Å². The van der Waals surface area contributed by atoms with Gasteiger partial charge in [0.25, 0.3) is 5.91 Å². The van der Waals surface area contributed by atoms with Crippen molar-refractivity contribution < 1.29 is 4.79 Å². The SMILES string of the molecule is CC1=NN(c2nc(-c3ccc(C)cc3)cs2)C(=O)C1N=Nc1cccc2ccccc12. The number of hydrazone groups is 1. The molecule has 0 bridgehead atoms. The van der Waals surface area contributed by atoms with Gasteiger partial charge in [-0.3, -0.25) is 4.79 Å². The molecule has 152 valence electrons. The number of benzene rings is 3. The molecule has 0 aliphatic carbocycles. The molecule has 0 spiro atoms. The van der Waals surface area contributed by atoms with Crippen LogP contribution in [0.1, 0.15) is 12.5 Å². The molecule has 6 nitrogen and oxygen atoms in total. The predicted octanol–water partition coefficient (Wildman–Crippen LogP) is 6.15. The van der Waals surface area contributed by atoms with Gasteiger partial charge in [0.1, 0.15) is 0 Å². The number of thiazole rings is 1. The Hall–Kier alpha value is -3.71. The lowest BCUT2D eigenvalue weighted by Gasteiger charge is -2.08. The second-order valence-electron chi connectivity index (χ2n) is 7.39. The molecule has 1 amide bonds. The molecule has 0 saturated carbocycles. The predicted molar refractivity (Wildman–Crippen MR) is 125 cm³/mol. The van der Waals surface area contributed by atoms with E-state index < -0.39 is 6.04 Å². The zero-order valence-corrected chi connectivity index (χ0v) is 17.9. The van der Waals surface area contributed by atoms with E-state index in [1.54, 1.807) is 6.92 Å². The quantitative estimate of drug-likeness (QED) is 0.368. The van der Waals surface area contributed by atoms with Crippen LogP contribution in [0, 0.1) is 6.92 Å². The smallest absolute Gasteiger partial charge is 0.269 e. The van der Waals surface area contributed by atoms with Gasteiger partial charge in [-0.1, -0.05) is 66.2 Å². The van der Waals surface area contributed by atoms with Gasteiger partial charge in [0.15, 0.2) is 6.04 Å².